The van der Waals surface area contributed by atoms with E-state index in [-0.39, 0.29) is 0 Å². The van der Waals surface area contributed by atoms with Crippen molar-refractivity contribution >= 4 is 17.8 Å². The first-order chi connectivity index (χ1) is 12.1. The monoisotopic (exact) mass is 340 g/mol. The van der Waals surface area contributed by atoms with Crippen molar-refractivity contribution in [3.63, 3.8) is 0 Å². The van der Waals surface area contributed by atoms with Crippen LogP contribution < -0.4 is 14.7 Å². The van der Waals surface area contributed by atoms with E-state index < -0.39 is 0 Å². The van der Waals surface area contributed by atoms with E-state index in [1.165, 1.54) is 0 Å². The van der Waals surface area contributed by atoms with Crippen molar-refractivity contribution in [3.8, 4) is 0 Å². The Morgan fingerprint density at radius 2 is 0.920 bits per heavy atom. The van der Waals surface area contributed by atoms with E-state index in [9.17, 15) is 0 Å². The van der Waals surface area contributed by atoms with Crippen LogP contribution in [0.4, 0.5) is 17.8 Å². The highest BCUT2D eigenvalue weighted by Crippen LogP contribution is 2.19. The second kappa shape index (κ2) is 10.8. The Hall–Kier alpha value is -2.89. The zero-order chi connectivity index (χ0) is 18.7. The van der Waals surface area contributed by atoms with Gasteiger partial charge in [-0.05, 0) is 0 Å². The molecule has 0 spiro atoms. The van der Waals surface area contributed by atoms with E-state index >= 15 is 0 Å². The normalized spacial score (nSPS) is 9.80. The fraction of sp³-hybridized carbons (Fsp3) is 0.316. The minimum atomic E-state index is 0.578. The average molecular weight is 340 g/mol. The summed E-state index contributed by atoms with van der Waals surface area (Å²) in [5, 5.41) is 0. The van der Waals surface area contributed by atoms with E-state index in [0.29, 0.717) is 50.6 Å². The predicted molar refractivity (Wildman–Crippen MR) is 109 cm³/mol. The van der Waals surface area contributed by atoms with Crippen LogP contribution in [0.1, 0.15) is 0 Å². The van der Waals surface area contributed by atoms with Crippen LogP contribution in [-0.4, -0.2) is 54.7 Å². The van der Waals surface area contributed by atoms with Gasteiger partial charge < -0.3 is 14.7 Å². The van der Waals surface area contributed by atoms with Gasteiger partial charge in [-0.3, -0.25) is 0 Å². The molecule has 6 nitrogen and oxygen atoms in total. The molecular weight excluding hydrogens is 312 g/mol. The van der Waals surface area contributed by atoms with Crippen LogP contribution in [0.2, 0.25) is 0 Å². The SMILES string of the molecule is C=CCN(C)c1nc(N(CC=C)CC=C)nc(N(CC=C)CC=C)n1. The molecule has 0 aliphatic rings. The molecule has 1 aromatic rings. The Kier molecular flexibility index (Phi) is 8.71. The van der Waals surface area contributed by atoms with Crippen LogP contribution in [0.5, 0.6) is 0 Å². The van der Waals surface area contributed by atoms with Crippen molar-refractivity contribution < 1.29 is 0 Å². The summed E-state index contributed by atoms with van der Waals surface area (Å²) in [6.07, 6.45) is 9.05. The smallest absolute Gasteiger partial charge is 0.232 e. The Morgan fingerprint density at radius 3 is 1.24 bits per heavy atom. The lowest BCUT2D eigenvalue weighted by atomic mass is 10.4. The van der Waals surface area contributed by atoms with Crippen LogP contribution in [0.3, 0.4) is 0 Å². The molecule has 1 aromatic heterocycles. The highest BCUT2D eigenvalue weighted by molar-refractivity contribution is 5.47. The summed E-state index contributed by atoms with van der Waals surface area (Å²) in [4.78, 5) is 19.7. The van der Waals surface area contributed by atoms with E-state index in [1.54, 1.807) is 6.08 Å². The summed E-state index contributed by atoms with van der Waals surface area (Å²) in [6.45, 7) is 22.1. The van der Waals surface area contributed by atoms with Crippen molar-refractivity contribution in [2.24, 2.45) is 0 Å². The van der Waals surface area contributed by atoms with Gasteiger partial charge in [0.05, 0.1) is 0 Å². The summed E-state index contributed by atoms with van der Waals surface area (Å²) < 4.78 is 0. The predicted octanol–water partition coefficient (Wildman–Crippen LogP) is 2.85. The number of hydrogen-bond acceptors (Lipinski definition) is 6. The third kappa shape index (κ3) is 5.91. The zero-order valence-corrected chi connectivity index (χ0v) is 15.1. The number of likely N-dealkylation sites (N-methyl/N-ethyl adjacent to an activating group) is 1. The average Bonchev–Trinajstić information content (AvgIpc) is 2.61. The van der Waals surface area contributed by atoms with Crippen molar-refractivity contribution in [2.75, 3.05) is 54.5 Å². The summed E-state index contributed by atoms with van der Waals surface area (Å²) in [7, 11) is 1.92. The van der Waals surface area contributed by atoms with Gasteiger partial charge in [0.1, 0.15) is 0 Å². The second-order valence-electron chi connectivity index (χ2n) is 5.37. The summed E-state index contributed by atoms with van der Waals surface area (Å²) in [6, 6.07) is 0. The lowest BCUT2D eigenvalue weighted by Gasteiger charge is -2.25. The van der Waals surface area contributed by atoms with E-state index in [2.05, 4.69) is 47.8 Å². The van der Waals surface area contributed by atoms with Crippen LogP contribution in [-0.2, 0) is 0 Å². The molecule has 25 heavy (non-hydrogen) atoms. The molecule has 0 unspecified atom stereocenters. The van der Waals surface area contributed by atoms with Gasteiger partial charge >= 0.3 is 0 Å². The van der Waals surface area contributed by atoms with Gasteiger partial charge in [0.25, 0.3) is 0 Å². The van der Waals surface area contributed by atoms with Gasteiger partial charge in [0.2, 0.25) is 17.8 Å². The molecule has 0 saturated carbocycles. The Morgan fingerprint density at radius 1 is 0.600 bits per heavy atom. The van der Waals surface area contributed by atoms with Gasteiger partial charge in [0.15, 0.2) is 0 Å². The van der Waals surface area contributed by atoms with Crippen molar-refractivity contribution in [1.29, 1.82) is 0 Å². The first-order valence-corrected chi connectivity index (χ1v) is 8.12. The third-order valence-corrected chi connectivity index (χ3v) is 3.31. The van der Waals surface area contributed by atoms with Gasteiger partial charge in [-0.15, -0.1) is 32.9 Å². The lowest BCUT2D eigenvalue weighted by Crippen LogP contribution is -2.31. The highest BCUT2D eigenvalue weighted by atomic mass is 15.4. The molecule has 0 bridgehead atoms. The van der Waals surface area contributed by atoms with Crippen LogP contribution in [0.15, 0.2) is 63.3 Å². The maximum Gasteiger partial charge on any atom is 0.232 e. The van der Waals surface area contributed by atoms with E-state index in [4.69, 9.17) is 0 Å². The fourth-order valence-corrected chi connectivity index (χ4v) is 2.17. The first-order valence-electron chi connectivity index (χ1n) is 8.12. The van der Waals surface area contributed by atoms with Crippen molar-refractivity contribution in [3.05, 3.63) is 63.3 Å². The number of nitrogens with zero attached hydrogens (tertiary/aromatic N) is 6. The van der Waals surface area contributed by atoms with E-state index in [1.807, 2.05) is 46.1 Å². The maximum atomic E-state index is 4.64. The molecule has 0 radical (unpaired) electrons. The molecule has 0 fully saturated rings. The van der Waals surface area contributed by atoms with Crippen LogP contribution in [0, 0.1) is 0 Å². The van der Waals surface area contributed by atoms with Gasteiger partial charge in [-0.25, -0.2) is 0 Å². The highest BCUT2D eigenvalue weighted by Gasteiger charge is 2.17. The van der Waals surface area contributed by atoms with Gasteiger partial charge in [0, 0.05) is 39.8 Å². The summed E-state index contributed by atoms with van der Waals surface area (Å²) in [5.74, 6) is 1.74. The standard InChI is InChI=1S/C19H28N6/c1-7-12-23(6)17-20-18(24(13-8-2)14-9-3)22-19(21-17)25(15-10-4)16-11-5/h7-11H,1-5,12-16H2,6H3. The van der Waals surface area contributed by atoms with Crippen molar-refractivity contribution in [1.82, 2.24) is 15.0 Å². The molecule has 0 amide bonds. The first kappa shape index (κ1) is 20.2. The number of anilines is 3. The topological polar surface area (TPSA) is 48.4 Å². The summed E-state index contributed by atoms with van der Waals surface area (Å²) >= 11 is 0. The third-order valence-electron chi connectivity index (χ3n) is 3.31. The van der Waals surface area contributed by atoms with Crippen LogP contribution >= 0.6 is 0 Å². The quantitative estimate of drug-likeness (QED) is 0.515. The van der Waals surface area contributed by atoms with Crippen LogP contribution in [0.25, 0.3) is 0 Å². The minimum Gasteiger partial charge on any atom is -0.340 e. The lowest BCUT2D eigenvalue weighted by molar-refractivity contribution is 0.813. The number of aromatic nitrogens is 3. The molecule has 0 saturated heterocycles. The molecule has 1 rings (SSSR count). The Labute approximate surface area is 151 Å². The number of hydrogen-bond donors (Lipinski definition) is 0. The second-order valence-corrected chi connectivity index (χ2v) is 5.37. The molecule has 0 atom stereocenters. The summed E-state index contributed by atoms with van der Waals surface area (Å²) in [5.41, 5.74) is 0. The molecule has 1 heterocycles. The molecule has 134 valence electrons. The molecule has 0 aromatic carbocycles. The maximum absolute atomic E-state index is 4.64. The van der Waals surface area contributed by atoms with Gasteiger partial charge in [-0.2, -0.15) is 15.0 Å². The molecule has 0 N–H and O–H groups in total. The van der Waals surface area contributed by atoms with Crippen molar-refractivity contribution in [2.45, 2.75) is 0 Å². The largest absolute Gasteiger partial charge is 0.340 e. The molecule has 0 aliphatic carbocycles. The fourth-order valence-electron chi connectivity index (χ4n) is 2.17. The molecule has 6 heteroatoms. The van der Waals surface area contributed by atoms with E-state index in [0.717, 1.165) is 0 Å². The Bertz CT molecular complexity index is 548. The molecular formula is C19H28N6. The minimum absolute atomic E-state index is 0.578. The molecule has 0 aliphatic heterocycles. The number of rotatable bonds is 13. The zero-order valence-electron chi connectivity index (χ0n) is 15.1. The van der Waals surface area contributed by atoms with Gasteiger partial charge in [-0.1, -0.05) is 30.4 Å². The Balaban J connectivity index is 3.40.